The first-order chi connectivity index (χ1) is 12.3. The van der Waals surface area contributed by atoms with Gasteiger partial charge in [-0.15, -0.1) is 0 Å². The van der Waals surface area contributed by atoms with Crippen molar-refractivity contribution in [2.24, 2.45) is 0 Å². The third kappa shape index (κ3) is 6.65. The maximum Gasteiger partial charge on any atom is 0.416 e. The van der Waals surface area contributed by atoms with Crippen molar-refractivity contribution in [1.29, 1.82) is 0 Å². The van der Waals surface area contributed by atoms with Crippen LogP contribution in [0, 0.1) is 6.92 Å². The fourth-order valence-electron chi connectivity index (χ4n) is 2.17. The summed E-state index contributed by atoms with van der Waals surface area (Å²) >= 11 is 0. The predicted octanol–water partition coefficient (Wildman–Crippen LogP) is 3.64. The Hall–Kier alpha value is -2.45. The van der Waals surface area contributed by atoms with E-state index in [1.807, 2.05) is 0 Å². The van der Waals surface area contributed by atoms with Crippen LogP contribution in [0.4, 0.5) is 18.0 Å². The quantitative estimate of drug-likeness (QED) is 0.730. The van der Waals surface area contributed by atoms with E-state index in [-0.39, 0.29) is 18.3 Å². The van der Waals surface area contributed by atoms with Crippen LogP contribution < -0.4 is 15.5 Å². The zero-order valence-electron chi connectivity index (χ0n) is 16.3. The summed E-state index contributed by atoms with van der Waals surface area (Å²) in [5, 5.41) is 6.07. The first-order valence-corrected chi connectivity index (χ1v) is 8.53. The van der Waals surface area contributed by atoms with E-state index in [1.165, 1.54) is 26.8 Å². The predicted molar refractivity (Wildman–Crippen MR) is 95.1 cm³/mol. The molecule has 0 fully saturated rings. The minimum atomic E-state index is -4.53. The number of nitrogens with one attached hydrogen (secondary N) is 2. The molecule has 2 N–H and O–H groups in total. The maximum absolute atomic E-state index is 12.9. The molecule has 0 saturated carbocycles. The molecule has 3 amide bonds. The zero-order valence-corrected chi connectivity index (χ0v) is 16.3. The lowest BCUT2D eigenvalue weighted by Gasteiger charge is -2.30. The number of urea groups is 1. The molecule has 0 saturated heterocycles. The Morgan fingerprint density at radius 3 is 2.26 bits per heavy atom. The topological polar surface area (TPSA) is 70.7 Å². The summed E-state index contributed by atoms with van der Waals surface area (Å²) in [6.45, 7) is 9.76. The molecular weight excluding hydrogens is 363 g/mol. The summed E-state index contributed by atoms with van der Waals surface area (Å²) in [6.07, 6.45) is -4.53. The Morgan fingerprint density at radius 1 is 1.19 bits per heavy atom. The van der Waals surface area contributed by atoms with Crippen LogP contribution in [0.25, 0.3) is 0 Å². The summed E-state index contributed by atoms with van der Waals surface area (Å²) in [5.41, 5.74) is -1.76. The Kier molecular flexibility index (Phi) is 7.11. The number of rotatable bonds is 6. The molecule has 1 aromatic carbocycles. The van der Waals surface area contributed by atoms with E-state index in [9.17, 15) is 22.8 Å². The number of nitrogens with zero attached hydrogens (tertiary/aromatic N) is 1. The van der Waals surface area contributed by atoms with E-state index in [2.05, 4.69) is 10.6 Å². The van der Waals surface area contributed by atoms with E-state index in [1.54, 1.807) is 20.8 Å². The number of amides is 3. The second kappa shape index (κ2) is 8.49. The second-order valence-corrected chi connectivity index (χ2v) is 7.00. The number of halogens is 3. The molecule has 0 aliphatic rings. The van der Waals surface area contributed by atoms with E-state index in [4.69, 9.17) is 4.84 Å². The highest BCUT2D eigenvalue weighted by atomic mass is 19.4. The number of alkyl halides is 3. The van der Waals surface area contributed by atoms with Gasteiger partial charge in [0.05, 0.1) is 12.1 Å². The first-order valence-electron chi connectivity index (χ1n) is 8.53. The van der Waals surface area contributed by atoms with Crippen LogP contribution >= 0.6 is 0 Å². The van der Waals surface area contributed by atoms with Gasteiger partial charge in [-0.3, -0.25) is 4.79 Å². The normalized spacial score (nSPS) is 11.9. The Balaban J connectivity index is 2.94. The highest BCUT2D eigenvalue weighted by Gasteiger charge is 2.33. The number of aryl methyl sites for hydroxylation is 1. The largest absolute Gasteiger partial charge is 0.416 e. The van der Waals surface area contributed by atoms with Gasteiger partial charge >= 0.3 is 12.2 Å². The third-order valence-corrected chi connectivity index (χ3v) is 3.51. The average molecular weight is 389 g/mol. The molecule has 0 aliphatic carbocycles. The van der Waals surface area contributed by atoms with Crippen LogP contribution in [0.15, 0.2) is 18.2 Å². The smallest absolute Gasteiger partial charge is 0.375 e. The Bertz CT molecular complexity index is 688. The molecule has 0 aliphatic heterocycles. The van der Waals surface area contributed by atoms with Crippen molar-refractivity contribution in [3.05, 3.63) is 29.3 Å². The average Bonchev–Trinajstić information content (AvgIpc) is 2.49. The van der Waals surface area contributed by atoms with Gasteiger partial charge in [-0.2, -0.15) is 18.2 Å². The van der Waals surface area contributed by atoms with Crippen molar-refractivity contribution in [2.75, 3.05) is 6.54 Å². The van der Waals surface area contributed by atoms with E-state index in [0.29, 0.717) is 5.56 Å². The summed E-state index contributed by atoms with van der Waals surface area (Å²) in [7, 11) is 0. The first kappa shape index (κ1) is 22.6. The minimum Gasteiger partial charge on any atom is -0.375 e. The Labute approximate surface area is 157 Å². The van der Waals surface area contributed by atoms with Gasteiger partial charge in [0.1, 0.15) is 5.54 Å². The van der Waals surface area contributed by atoms with Gasteiger partial charge in [0.2, 0.25) is 5.91 Å². The fraction of sp³-hybridized carbons (Fsp3) is 0.556. The lowest BCUT2D eigenvalue weighted by Crippen LogP contribution is -2.59. The van der Waals surface area contributed by atoms with Crippen molar-refractivity contribution in [3.8, 4) is 5.75 Å². The van der Waals surface area contributed by atoms with Gasteiger partial charge in [-0.1, -0.05) is 0 Å². The molecule has 27 heavy (non-hydrogen) atoms. The maximum atomic E-state index is 12.9. The monoisotopic (exact) mass is 389 g/mol. The summed E-state index contributed by atoms with van der Waals surface area (Å²) in [5.74, 6) is -0.513. The molecule has 0 unspecified atom stereocenters. The van der Waals surface area contributed by atoms with Crippen LogP contribution in [0.1, 0.15) is 45.7 Å². The van der Waals surface area contributed by atoms with Gasteiger partial charge in [0, 0.05) is 6.04 Å². The van der Waals surface area contributed by atoms with Gasteiger partial charge < -0.3 is 15.5 Å². The number of hydrogen-bond donors (Lipinski definition) is 2. The molecule has 1 rings (SSSR count). The van der Waals surface area contributed by atoms with E-state index in [0.717, 1.165) is 17.2 Å². The lowest BCUT2D eigenvalue weighted by molar-refractivity contribution is -0.138. The van der Waals surface area contributed by atoms with Gasteiger partial charge in [-0.25, -0.2) is 4.79 Å². The van der Waals surface area contributed by atoms with E-state index < -0.39 is 29.2 Å². The molecule has 0 aromatic heterocycles. The summed E-state index contributed by atoms with van der Waals surface area (Å²) in [6, 6.07) is 2.35. The SMILES string of the molecule is CCN(Oc1cc(C)cc(C(F)(F)F)c1)C(=O)NC(C)(C)C(=O)NC(C)C. The van der Waals surface area contributed by atoms with Crippen LogP contribution in [0.3, 0.4) is 0 Å². The molecule has 9 heteroatoms. The second-order valence-electron chi connectivity index (χ2n) is 7.00. The van der Waals surface area contributed by atoms with Crippen molar-refractivity contribution in [3.63, 3.8) is 0 Å². The highest BCUT2D eigenvalue weighted by molar-refractivity contribution is 5.90. The molecule has 0 bridgehead atoms. The molecular formula is C18H26F3N3O3. The van der Waals surface area contributed by atoms with Crippen LogP contribution in [0.5, 0.6) is 5.75 Å². The molecule has 6 nitrogen and oxygen atoms in total. The molecule has 152 valence electrons. The summed E-state index contributed by atoms with van der Waals surface area (Å²) in [4.78, 5) is 29.9. The summed E-state index contributed by atoms with van der Waals surface area (Å²) < 4.78 is 38.8. The van der Waals surface area contributed by atoms with Crippen molar-refractivity contribution < 1.29 is 27.6 Å². The van der Waals surface area contributed by atoms with Crippen LogP contribution in [-0.4, -0.2) is 35.1 Å². The fourth-order valence-corrected chi connectivity index (χ4v) is 2.17. The van der Waals surface area contributed by atoms with E-state index >= 15 is 0 Å². The zero-order chi connectivity index (χ0) is 21.0. The van der Waals surface area contributed by atoms with Gasteiger partial charge in [0.15, 0.2) is 5.75 Å². The lowest BCUT2D eigenvalue weighted by atomic mass is 10.0. The van der Waals surface area contributed by atoms with Gasteiger partial charge in [-0.05, 0) is 65.3 Å². The van der Waals surface area contributed by atoms with Crippen molar-refractivity contribution in [2.45, 2.75) is 59.3 Å². The molecule has 0 atom stereocenters. The number of benzene rings is 1. The number of carbonyl (C=O) groups is 2. The molecule has 0 heterocycles. The number of hydrogen-bond acceptors (Lipinski definition) is 3. The molecule has 1 aromatic rings. The van der Waals surface area contributed by atoms with Crippen LogP contribution in [-0.2, 0) is 11.0 Å². The van der Waals surface area contributed by atoms with Crippen molar-refractivity contribution in [1.82, 2.24) is 15.7 Å². The number of carbonyl (C=O) groups excluding carboxylic acids is 2. The third-order valence-electron chi connectivity index (χ3n) is 3.51. The van der Waals surface area contributed by atoms with Crippen molar-refractivity contribution >= 4 is 11.9 Å². The molecule has 0 spiro atoms. The standard InChI is InChI=1S/C18H26F3N3O3/c1-7-24(16(26)23-17(5,6)15(25)22-11(2)3)27-14-9-12(4)8-13(10-14)18(19,20)21/h8-11H,7H2,1-6H3,(H,22,25)(H,23,26). The minimum absolute atomic E-state index is 0.0585. The van der Waals surface area contributed by atoms with Gasteiger partial charge in [0.25, 0.3) is 0 Å². The highest BCUT2D eigenvalue weighted by Crippen LogP contribution is 2.32. The number of hydroxylamine groups is 2. The Morgan fingerprint density at radius 2 is 1.78 bits per heavy atom. The van der Waals surface area contributed by atoms with Crippen LogP contribution in [0.2, 0.25) is 0 Å². The molecule has 0 radical (unpaired) electrons.